The predicted octanol–water partition coefficient (Wildman–Crippen LogP) is 4.53. The maximum Gasteiger partial charge on any atom is 0.408 e. The van der Waals surface area contributed by atoms with Crippen LogP contribution in [0.25, 0.3) is 0 Å². The van der Waals surface area contributed by atoms with E-state index in [1.165, 1.54) is 0 Å². The lowest BCUT2D eigenvalue weighted by Gasteiger charge is -2.23. The Labute approximate surface area is 161 Å². The number of alkyl carbamates (subject to hydrolysis) is 1. The molecule has 2 aromatic carbocycles. The summed E-state index contributed by atoms with van der Waals surface area (Å²) in [6.45, 7) is 6.13. The van der Waals surface area contributed by atoms with Crippen molar-refractivity contribution in [3.05, 3.63) is 65.7 Å². The highest BCUT2D eigenvalue weighted by molar-refractivity contribution is 5.97. The molecule has 2 N–H and O–H groups in total. The molecule has 0 saturated heterocycles. The Hall–Kier alpha value is -2.82. The Morgan fingerprint density at radius 1 is 1.00 bits per heavy atom. The van der Waals surface area contributed by atoms with Crippen molar-refractivity contribution in [2.45, 2.75) is 46.3 Å². The summed E-state index contributed by atoms with van der Waals surface area (Å²) < 4.78 is 5.27. The number of amides is 2. The van der Waals surface area contributed by atoms with E-state index < -0.39 is 12.1 Å². The molecule has 144 valence electrons. The Balaban J connectivity index is 2.01. The second-order valence-corrected chi connectivity index (χ2v) is 6.57. The molecule has 5 heteroatoms. The van der Waals surface area contributed by atoms with Gasteiger partial charge in [0.1, 0.15) is 12.6 Å². The van der Waals surface area contributed by atoms with Gasteiger partial charge >= 0.3 is 6.09 Å². The molecular weight excluding hydrogens is 340 g/mol. The summed E-state index contributed by atoms with van der Waals surface area (Å²) in [5, 5.41) is 5.67. The summed E-state index contributed by atoms with van der Waals surface area (Å²) >= 11 is 0. The van der Waals surface area contributed by atoms with Crippen molar-refractivity contribution < 1.29 is 14.3 Å². The number of aryl methyl sites for hydroxylation is 1. The SMILES string of the molecule is CCc1ccccc1NC(=O)[C@@H](NC(=O)OCc1ccccc1)[C@@H](C)CC. The minimum atomic E-state index is -0.664. The molecule has 0 radical (unpaired) electrons. The molecule has 2 amide bonds. The maximum atomic E-state index is 12.8. The quantitative estimate of drug-likeness (QED) is 0.719. The van der Waals surface area contributed by atoms with Gasteiger partial charge in [-0.05, 0) is 29.5 Å². The van der Waals surface area contributed by atoms with E-state index in [0.717, 1.165) is 29.7 Å². The van der Waals surface area contributed by atoms with E-state index >= 15 is 0 Å². The molecule has 5 nitrogen and oxygen atoms in total. The Morgan fingerprint density at radius 3 is 2.33 bits per heavy atom. The number of benzene rings is 2. The van der Waals surface area contributed by atoms with Gasteiger partial charge in [-0.1, -0.05) is 75.7 Å². The van der Waals surface area contributed by atoms with Gasteiger partial charge < -0.3 is 15.4 Å². The fourth-order valence-electron chi connectivity index (χ4n) is 2.75. The first-order valence-corrected chi connectivity index (χ1v) is 9.41. The summed E-state index contributed by atoms with van der Waals surface area (Å²) in [4.78, 5) is 25.0. The zero-order chi connectivity index (χ0) is 19.6. The van der Waals surface area contributed by atoms with E-state index in [-0.39, 0.29) is 18.4 Å². The fraction of sp³-hybridized carbons (Fsp3) is 0.364. The Morgan fingerprint density at radius 2 is 1.67 bits per heavy atom. The summed E-state index contributed by atoms with van der Waals surface area (Å²) in [7, 11) is 0. The largest absolute Gasteiger partial charge is 0.445 e. The molecule has 2 atom stereocenters. The zero-order valence-corrected chi connectivity index (χ0v) is 16.2. The van der Waals surface area contributed by atoms with Crippen molar-refractivity contribution in [2.75, 3.05) is 5.32 Å². The summed E-state index contributed by atoms with van der Waals surface area (Å²) in [5.41, 5.74) is 2.73. The normalized spacial score (nSPS) is 12.7. The topological polar surface area (TPSA) is 67.4 Å². The van der Waals surface area contributed by atoms with Crippen LogP contribution in [0, 0.1) is 5.92 Å². The van der Waals surface area contributed by atoms with E-state index in [4.69, 9.17) is 4.74 Å². The lowest BCUT2D eigenvalue weighted by atomic mass is 9.98. The number of hydrogen-bond acceptors (Lipinski definition) is 3. The van der Waals surface area contributed by atoms with Crippen molar-refractivity contribution in [3.8, 4) is 0 Å². The second kappa shape index (κ2) is 10.4. The van der Waals surface area contributed by atoms with Gasteiger partial charge in [-0.25, -0.2) is 4.79 Å². The molecule has 0 unspecified atom stereocenters. The van der Waals surface area contributed by atoms with Crippen molar-refractivity contribution in [1.29, 1.82) is 0 Å². The molecule has 0 fully saturated rings. The average Bonchev–Trinajstić information content (AvgIpc) is 2.71. The predicted molar refractivity (Wildman–Crippen MR) is 107 cm³/mol. The van der Waals surface area contributed by atoms with Crippen LogP contribution in [0.2, 0.25) is 0 Å². The molecule has 27 heavy (non-hydrogen) atoms. The van der Waals surface area contributed by atoms with Crippen LogP contribution >= 0.6 is 0 Å². The molecule has 0 aliphatic rings. The van der Waals surface area contributed by atoms with Gasteiger partial charge in [0.15, 0.2) is 0 Å². The molecule has 2 rings (SSSR count). The van der Waals surface area contributed by atoms with E-state index in [2.05, 4.69) is 10.6 Å². The number of ether oxygens (including phenoxy) is 1. The van der Waals surface area contributed by atoms with Crippen molar-refractivity contribution in [3.63, 3.8) is 0 Å². The van der Waals surface area contributed by atoms with Crippen LogP contribution in [-0.4, -0.2) is 18.0 Å². The first-order chi connectivity index (χ1) is 13.0. The first kappa shape index (κ1) is 20.5. The van der Waals surface area contributed by atoms with Crippen LogP contribution in [0.4, 0.5) is 10.5 Å². The summed E-state index contributed by atoms with van der Waals surface area (Å²) in [6.07, 6.45) is 0.979. The molecule has 0 heterocycles. The highest BCUT2D eigenvalue weighted by Crippen LogP contribution is 2.17. The molecule has 0 saturated carbocycles. The molecule has 0 aliphatic heterocycles. The van der Waals surface area contributed by atoms with Gasteiger partial charge in [0.2, 0.25) is 5.91 Å². The van der Waals surface area contributed by atoms with E-state index in [1.807, 2.05) is 75.4 Å². The van der Waals surface area contributed by atoms with Crippen LogP contribution in [0.15, 0.2) is 54.6 Å². The van der Waals surface area contributed by atoms with Gasteiger partial charge in [0.25, 0.3) is 0 Å². The maximum absolute atomic E-state index is 12.8. The number of carbonyl (C=O) groups excluding carboxylic acids is 2. The van der Waals surface area contributed by atoms with E-state index in [1.54, 1.807) is 0 Å². The second-order valence-electron chi connectivity index (χ2n) is 6.57. The van der Waals surface area contributed by atoms with E-state index in [0.29, 0.717) is 0 Å². The average molecular weight is 368 g/mol. The summed E-state index contributed by atoms with van der Waals surface area (Å²) in [6, 6.07) is 16.5. The summed E-state index contributed by atoms with van der Waals surface area (Å²) in [5.74, 6) is -0.259. The van der Waals surface area contributed by atoms with Crippen molar-refractivity contribution in [2.24, 2.45) is 5.92 Å². The van der Waals surface area contributed by atoms with Gasteiger partial charge in [-0.15, -0.1) is 0 Å². The highest BCUT2D eigenvalue weighted by Gasteiger charge is 2.27. The van der Waals surface area contributed by atoms with Crippen LogP contribution in [0.5, 0.6) is 0 Å². The fourth-order valence-corrected chi connectivity index (χ4v) is 2.75. The van der Waals surface area contributed by atoms with Crippen LogP contribution < -0.4 is 10.6 Å². The first-order valence-electron chi connectivity index (χ1n) is 9.41. The Kier molecular flexibility index (Phi) is 7.86. The van der Waals surface area contributed by atoms with Gasteiger partial charge in [-0.3, -0.25) is 4.79 Å². The number of carbonyl (C=O) groups is 2. The Bertz CT molecular complexity index is 746. The van der Waals surface area contributed by atoms with Crippen molar-refractivity contribution in [1.82, 2.24) is 5.32 Å². The molecular formula is C22H28N2O3. The standard InChI is InChI=1S/C22H28N2O3/c1-4-16(3)20(21(25)23-19-14-10-9-13-18(19)5-2)24-22(26)27-15-17-11-7-6-8-12-17/h6-14,16,20H,4-5,15H2,1-3H3,(H,23,25)(H,24,26)/t16-,20-/m0/s1. The lowest BCUT2D eigenvalue weighted by Crippen LogP contribution is -2.47. The number of rotatable bonds is 8. The van der Waals surface area contributed by atoms with Gasteiger partial charge in [-0.2, -0.15) is 0 Å². The van der Waals surface area contributed by atoms with Crippen LogP contribution in [0.3, 0.4) is 0 Å². The van der Waals surface area contributed by atoms with Crippen LogP contribution in [-0.2, 0) is 22.6 Å². The third-order valence-corrected chi connectivity index (χ3v) is 4.64. The molecule has 2 aromatic rings. The minimum absolute atomic E-state index is 0.0249. The number of nitrogens with one attached hydrogen (secondary N) is 2. The number of para-hydroxylation sites is 1. The third kappa shape index (κ3) is 6.13. The zero-order valence-electron chi connectivity index (χ0n) is 16.2. The monoisotopic (exact) mass is 368 g/mol. The molecule has 0 spiro atoms. The van der Waals surface area contributed by atoms with Crippen molar-refractivity contribution >= 4 is 17.7 Å². The molecule has 0 aliphatic carbocycles. The van der Waals surface area contributed by atoms with Crippen LogP contribution in [0.1, 0.15) is 38.3 Å². The minimum Gasteiger partial charge on any atom is -0.445 e. The highest BCUT2D eigenvalue weighted by atomic mass is 16.5. The van der Waals surface area contributed by atoms with E-state index in [9.17, 15) is 9.59 Å². The van der Waals surface area contributed by atoms with Gasteiger partial charge in [0.05, 0.1) is 0 Å². The number of anilines is 1. The molecule has 0 aromatic heterocycles. The lowest BCUT2D eigenvalue weighted by molar-refractivity contribution is -0.119. The van der Waals surface area contributed by atoms with Gasteiger partial charge in [0, 0.05) is 5.69 Å². The third-order valence-electron chi connectivity index (χ3n) is 4.64. The number of hydrogen-bond donors (Lipinski definition) is 2. The molecule has 0 bridgehead atoms. The smallest absolute Gasteiger partial charge is 0.408 e.